The fourth-order valence-corrected chi connectivity index (χ4v) is 3.45. The van der Waals surface area contributed by atoms with E-state index in [1.54, 1.807) is 0 Å². The Morgan fingerprint density at radius 2 is 1.71 bits per heavy atom. The molecule has 6 nitrogen and oxygen atoms in total. The van der Waals surface area contributed by atoms with Crippen LogP contribution in [0, 0.1) is 0 Å². The Kier molecular flexibility index (Phi) is 6.65. The molecule has 0 aromatic heterocycles. The van der Waals surface area contributed by atoms with E-state index in [1.807, 2.05) is 48.2 Å². The smallest absolute Gasteiger partial charge is 0.253 e. The molecule has 2 aromatic carbocycles. The fraction of sp³-hybridized carbons (Fsp3) is 0.381. The molecule has 0 atom stereocenters. The first-order valence-electron chi connectivity index (χ1n) is 9.36. The van der Waals surface area contributed by atoms with Gasteiger partial charge < -0.3 is 19.1 Å². The Morgan fingerprint density at radius 3 is 2.43 bits per heavy atom. The predicted octanol–water partition coefficient (Wildman–Crippen LogP) is 3.19. The number of amides is 1. The van der Waals surface area contributed by atoms with E-state index in [1.165, 1.54) is 5.56 Å². The SMILES string of the molecule is CCOc1ccc(C(=O)N2CCN(Cc3ccc4c(c3)OCO4)CC2)cc1.Cl. The molecule has 0 saturated carbocycles. The van der Waals surface area contributed by atoms with Gasteiger partial charge in [0.05, 0.1) is 6.61 Å². The van der Waals surface area contributed by atoms with Crippen LogP contribution in [-0.4, -0.2) is 55.3 Å². The van der Waals surface area contributed by atoms with E-state index in [4.69, 9.17) is 14.2 Å². The van der Waals surface area contributed by atoms with Gasteiger partial charge in [-0.25, -0.2) is 0 Å². The summed E-state index contributed by atoms with van der Waals surface area (Å²) in [5.74, 6) is 2.50. The van der Waals surface area contributed by atoms with Crippen molar-refractivity contribution in [2.24, 2.45) is 0 Å². The molecule has 0 radical (unpaired) electrons. The minimum Gasteiger partial charge on any atom is -0.494 e. The van der Waals surface area contributed by atoms with Crippen molar-refractivity contribution in [1.29, 1.82) is 0 Å². The normalized spacial score (nSPS) is 15.8. The molecule has 28 heavy (non-hydrogen) atoms. The number of nitrogens with zero attached hydrogens (tertiary/aromatic N) is 2. The number of ether oxygens (including phenoxy) is 3. The van der Waals surface area contributed by atoms with Crippen molar-refractivity contribution in [1.82, 2.24) is 9.80 Å². The summed E-state index contributed by atoms with van der Waals surface area (Å²) in [7, 11) is 0. The second kappa shape index (κ2) is 9.17. The standard InChI is InChI=1S/C21H24N2O4.ClH/c1-2-25-18-6-4-17(5-7-18)21(24)23-11-9-22(10-12-23)14-16-3-8-19-20(13-16)27-15-26-19;/h3-8,13H,2,9-12,14-15H2,1H3;1H. The van der Waals surface area contributed by atoms with Gasteiger partial charge in [0.25, 0.3) is 5.91 Å². The summed E-state index contributed by atoms with van der Waals surface area (Å²) in [6.07, 6.45) is 0. The van der Waals surface area contributed by atoms with Gasteiger partial charge in [0.2, 0.25) is 6.79 Å². The number of carbonyl (C=O) groups is 1. The summed E-state index contributed by atoms with van der Waals surface area (Å²) in [6.45, 7) is 6.90. The van der Waals surface area contributed by atoms with Crippen LogP contribution in [0.2, 0.25) is 0 Å². The van der Waals surface area contributed by atoms with E-state index < -0.39 is 0 Å². The first-order chi connectivity index (χ1) is 13.2. The minimum absolute atomic E-state index is 0. The lowest BCUT2D eigenvalue weighted by molar-refractivity contribution is 0.0628. The zero-order valence-electron chi connectivity index (χ0n) is 15.9. The van der Waals surface area contributed by atoms with E-state index in [0.29, 0.717) is 19.0 Å². The van der Waals surface area contributed by atoms with Gasteiger partial charge in [-0.15, -0.1) is 12.4 Å². The van der Waals surface area contributed by atoms with Gasteiger partial charge in [-0.05, 0) is 48.9 Å². The molecule has 150 valence electrons. The Hall–Kier alpha value is -2.44. The van der Waals surface area contributed by atoms with Gasteiger partial charge in [-0.3, -0.25) is 9.69 Å². The third kappa shape index (κ3) is 4.51. The summed E-state index contributed by atoms with van der Waals surface area (Å²) in [4.78, 5) is 17.0. The van der Waals surface area contributed by atoms with Gasteiger partial charge in [0.15, 0.2) is 11.5 Å². The molecule has 0 aliphatic carbocycles. The largest absolute Gasteiger partial charge is 0.494 e. The number of carbonyl (C=O) groups excluding carboxylic acids is 1. The van der Waals surface area contributed by atoms with Crippen LogP contribution in [0.5, 0.6) is 17.2 Å². The molecule has 2 aliphatic heterocycles. The monoisotopic (exact) mass is 404 g/mol. The van der Waals surface area contributed by atoms with Gasteiger partial charge in [-0.1, -0.05) is 6.07 Å². The summed E-state index contributed by atoms with van der Waals surface area (Å²) in [5, 5.41) is 0. The van der Waals surface area contributed by atoms with Crippen LogP contribution >= 0.6 is 12.4 Å². The lowest BCUT2D eigenvalue weighted by atomic mass is 10.1. The highest BCUT2D eigenvalue weighted by Crippen LogP contribution is 2.32. The highest BCUT2D eigenvalue weighted by atomic mass is 35.5. The van der Waals surface area contributed by atoms with E-state index >= 15 is 0 Å². The van der Waals surface area contributed by atoms with Crippen LogP contribution in [0.25, 0.3) is 0 Å². The summed E-state index contributed by atoms with van der Waals surface area (Å²) in [6, 6.07) is 13.5. The number of hydrogen-bond acceptors (Lipinski definition) is 5. The van der Waals surface area contributed by atoms with Crippen LogP contribution in [0.4, 0.5) is 0 Å². The number of benzene rings is 2. The Balaban J connectivity index is 0.00000225. The number of halogens is 1. The van der Waals surface area contributed by atoms with Crippen molar-refractivity contribution in [3.8, 4) is 17.2 Å². The first kappa shape index (κ1) is 20.3. The molecule has 0 bridgehead atoms. The number of piperazine rings is 1. The van der Waals surface area contributed by atoms with Crippen LogP contribution in [0.1, 0.15) is 22.8 Å². The maximum absolute atomic E-state index is 12.7. The topological polar surface area (TPSA) is 51.2 Å². The summed E-state index contributed by atoms with van der Waals surface area (Å²) >= 11 is 0. The van der Waals surface area contributed by atoms with Crippen LogP contribution in [0.15, 0.2) is 42.5 Å². The zero-order chi connectivity index (χ0) is 18.6. The van der Waals surface area contributed by atoms with Gasteiger partial charge in [0.1, 0.15) is 5.75 Å². The van der Waals surface area contributed by atoms with E-state index in [2.05, 4.69) is 11.0 Å². The Morgan fingerprint density at radius 1 is 1.00 bits per heavy atom. The highest BCUT2D eigenvalue weighted by Gasteiger charge is 2.23. The third-order valence-electron chi connectivity index (χ3n) is 4.91. The van der Waals surface area contributed by atoms with E-state index in [-0.39, 0.29) is 18.3 Å². The second-order valence-corrected chi connectivity index (χ2v) is 6.71. The molecule has 1 amide bonds. The second-order valence-electron chi connectivity index (χ2n) is 6.71. The van der Waals surface area contributed by atoms with Gasteiger partial charge in [0, 0.05) is 38.3 Å². The van der Waals surface area contributed by atoms with Crippen molar-refractivity contribution < 1.29 is 19.0 Å². The predicted molar refractivity (Wildman–Crippen MR) is 109 cm³/mol. The third-order valence-corrected chi connectivity index (χ3v) is 4.91. The molecule has 1 saturated heterocycles. The van der Waals surface area contributed by atoms with Crippen molar-refractivity contribution in [3.05, 3.63) is 53.6 Å². The maximum Gasteiger partial charge on any atom is 0.253 e. The summed E-state index contributed by atoms with van der Waals surface area (Å²) in [5.41, 5.74) is 1.91. The van der Waals surface area contributed by atoms with Crippen molar-refractivity contribution in [2.45, 2.75) is 13.5 Å². The fourth-order valence-electron chi connectivity index (χ4n) is 3.45. The molecule has 1 fully saturated rings. The van der Waals surface area contributed by atoms with Gasteiger partial charge >= 0.3 is 0 Å². The van der Waals surface area contributed by atoms with E-state index in [9.17, 15) is 4.79 Å². The quantitative estimate of drug-likeness (QED) is 0.766. The van der Waals surface area contributed by atoms with Crippen molar-refractivity contribution in [3.63, 3.8) is 0 Å². The van der Waals surface area contributed by atoms with Crippen molar-refractivity contribution >= 4 is 18.3 Å². The Labute approximate surface area is 171 Å². The zero-order valence-corrected chi connectivity index (χ0v) is 16.7. The van der Waals surface area contributed by atoms with Crippen LogP contribution in [0.3, 0.4) is 0 Å². The molecular weight excluding hydrogens is 380 g/mol. The molecule has 2 heterocycles. The van der Waals surface area contributed by atoms with E-state index in [0.717, 1.165) is 50.0 Å². The Bertz CT molecular complexity index is 805. The number of rotatable bonds is 5. The summed E-state index contributed by atoms with van der Waals surface area (Å²) < 4.78 is 16.2. The van der Waals surface area contributed by atoms with Crippen molar-refractivity contribution in [2.75, 3.05) is 39.6 Å². The minimum atomic E-state index is 0. The molecule has 0 unspecified atom stereocenters. The van der Waals surface area contributed by atoms with Crippen LogP contribution in [-0.2, 0) is 6.54 Å². The molecule has 2 aromatic rings. The molecule has 0 spiro atoms. The lowest BCUT2D eigenvalue weighted by Crippen LogP contribution is -2.48. The highest BCUT2D eigenvalue weighted by molar-refractivity contribution is 5.94. The molecule has 4 rings (SSSR count). The maximum atomic E-state index is 12.7. The average Bonchev–Trinajstić information content (AvgIpc) is 3.17. The number of fused-ring (bicyclic) bond motifs is 1. The van der Waals surface area contributed by atoms with Crippen LogP contribution < -0.4 is 14.2 Å². The molecule has 2 aliphatic rings. The lowest BCUT2D eigenvalue weighted by Gasteiger charge is -2.34. The molecule has 0 N–H and O–H groups in total. The molecular formula is C21H25ClN2O4. The molecule has 7 heteroatoms. The first-order valence-corrected chi connectivity index (χ1v) is 9.36. The average molecular weight is 405 g/mol. The number of hydrogen-bond donors (Lipinski definition) is 0. The van der Waals surface area contributed by atoms with Gasteiger partial charge in [-0.2, -0.15) is 0 Å².